The molecule has 2 heterocycles. The molecule has 4 rings (SSSR count). The molecule has 0 radical (unpaired) electrons. The van der Waals surface area contributed by atoms with Crippen LogP contribution in [0.15, 0.2) is 54.7 Å². The number of nitrogens with two attached hydrogens (primary N) is 1. The van der Waals surface area contributed by atoms with Gasteiger partial charge < -0.3 is 25.1 Å². The van der Waals surface area contributed by atoms with Crippen LogP contribution in [0.5, 0.6) is 11.5 Å². The Morgan fingerprint density at radius 1 is 1.04 bits per heavy atom. The Bertz CT molecular complexity index is 919. The van der Waals surface area contributed by atoms with Gasteiger partial charge in [0.05, 0.1) is 20.3 Å². The first kappa shape index (κ1) is 16.4. The van der Waals surface area contributed by atoms with E-state index in [-0.39, 0.29) is 6.04 Å². The van der Waals surface area contributed by atoms with Crippen molar-refractivity contribution in [2.45, 2.75) is 12.5 Å². The molecule has 1 unspecified atom stereocenters. The lowest BCUT2D eigenvalue weighted by atomic mass is 9.92. The lowest BCUT2D eigenvalue weighted by Crippen LogP contribution is -2.36. The maximum Gasteiger partial charge on any atom is 0.162 e. The first-order chi connectivity index (χ1) is 12.7. The van der Waals surface area contributed by atoms with Crippen molar-refractivity contribution < 1.29 is 9.47 Å². The Labute approximate surface area is 153 Å². The van der Waals surface area contributed by atoms with E-state index in [1.165, 1.54) is 11.3 Å². The van der Waals surface area contributed by atoms with E-state index in [1.807, 2.05) is 36.5 Å². The number of anilines is 2. The maximum atomic E-state index is 6.33. The summed E-state index contributed by atoms with van der Waals surface area (Å²) < 4.78 is 10.9. The summed E-state index contributed by atoms with van der Waals surface area (Å²) in [7, 11) is 3.31. The molecule has 1 aliphatic rings. The van der Waals surface area contributed by atoms with Gasteiger partial charge >= 0.3 is 0 Å². The summed E-state index contributed by atoms with van der Waals surface area (Å²) >= 11 is 0. The fourth-order valence-electron chi connectivity index (χ4n) is 3.78. The van der Waals surface area contributed by atoms with E-state index in [0.29, 0.717) is 0 Å². The molecule has 5 nitrogen and oxygen atoms in total. The normalized spacial score (nSPS) is 16.2. The molecular formula is C21H23N3O2. The highest BCUT2D eigenvalue weighted by Crippen LogP contribution is 2.41. The summed E-state index contributed by atoms with van der Waals surface area (Å²) in [6.07, 6.45) is 2.99. The Hall–Kier alpha value is -3.08. The first-order valence-corrected chi connectivity index (χ1v) is 8.72. The zero-order valence-electron chi connectivity index (χ0n) is 15.0. The van der Waals surface area contributed by atoms with E-state index in [4.69, 9.17) is 15.2 Å². The van der Waals surface area contributed by atoms with Gasteiger partial charge in [-0.3, -0.25) is 0 Å². The number of para-hydroxylation sites is 1. The third-order valence-corrected chi connectivity index (χ3v) is 5.07. The van der Waals surface area contributed by atoms with Crippen LogP contribution in [0.2, 0.25) is 0 Å². The van der Waals surface area contributed by atoms with Crippen molar-refractivity contribution in [3.63, 3.8) is 0 Å². The summed E-state index contributed by atoms with van der Waals surface area (Å²) in [4.78, 5) is 5.80. The summed E-state index contributed by atoms with van der Waals surface area (Å²) in [5.74, 6) is 1.45. The van der Waals surface area contributed by atoms with E-state index < -0.39 is 0 Å². The number of hydrogen-bond donors (Lipinski definition) is 2. The smallest absolute Gasteiger partial charge is 0.162 e. The summed E-state index contributed by atoms with van der Waals surface area (Å²) in [6.45, 7) is 0.902. The second-order valence-corrected chi connectivity index (χ2v) is 6.43. The van der Waals surface area contributed by atoms with E-state index in [9.17, 15) is 0 Å². The van der Waals surface area contributed by atoms with Crippen molar-refractivity contribution in [3.05, 3.63) is 71.5 Å². The Morgan fingerprint density at radius 3 is 2.62 bits per heavy atom. The third kappa shape index (κ3) is 2.65. The second kappa shape index (κ2) is 6.67. The van der Waals surface area contributed by atoms with Gasteiger partial charge in [-0.2, -0.15) is 0 Å². The topological polar surface area (TPSA) is 63.5 Å². The van der Waals surface area contributed by atoms with Crippen molar-refractivity contribution in [3.8, 4) is 11.5 Å². The van der Waals surface area contributed by atoms with Crippen LogP contribution in [0.25, 0.3) is 0 Å². The number of rotatable bonds is 4. The average Bonchev–Trinajstić information content (AvgIpc) is 3.16. The van der Waals surface area contributed by atoms with Crippen LogP contribution in [0, 0.1) is 0 Å². The second-order valence-electron chi connectivity index (χ2n) is 6.43. The fraction of sp³-hybridized carbons (Fsp3) is 0.238. The number of benzene rings is 2. The van der Waals surface area contributed by atoms with Crippen molar-refractivity contribution in [1.82, 2.24) is 4.98 Å². The zero-order valence-corrected chi connectivity index (χ0v) is 15.0. The number of methoxy groups -OCH3 is 2. The third-order valence-electron chi connectivity index (χ3n) is 5.07. The van der Waals surface area contributed by atoms with Gasteiger partial charge in [0.1, 0.15) is 0 Å². The van der Waals surface area contributed by atoms with Gasteiger partial charge in [0.25, 0.3) is 0 Å². The highest BCUT2D eigenvalue weighted by Gasteiger charge is 2.31. The highest BCUT2D eigenvalue weighted by atomic mass is 16.5. The molecule has 134 valence electrons. The summed E-state index contributed by atoms with van der Waals surface area (Å²) in [5, 5.41) is 0. The summed E-state index contributed by atoms with van der Waals surface area (Å²) in [5.41, 5.74) is 11.9. The number of hydrogen-bond acceptors (Lipinski definition) is 4. The highest BCUT2D eigenvalue weighted by molar-refractivity contribution is 5.63. The molecule has 1 atom stereocenters. The van der Waals surface area contributed by atoms with Gasteiger partial charge in [-0.15, -0.1) is 0 Å². The minimum atomic E-state index is 0.0352. The average molecular weight is 349 g/mol. The Balaban J connectivity index is 1.84. The summed E-state index contributed by atoms with van der Waals surface area (Å²) in [6, 6.07) is 16.3. The van der Waals surface area contributed by atoms with Gasteiger partial charge in [-0.1, -0.05) is 18.2 Å². The number of fused-ring (bicyclic) bond motifs is 1. The monoisotopic (exact) mass is 349 g/mol. The SMILES string of the molecule is COc1ccc(N2CCc3cc[nH]c3C2c2ccccc2N)cc1OC. The van der Waals surface area contributed by atoms with Gasteiger partial charge in [0, 0.05) is 41.4 Å². The molecule has 0 saturated carbocycles. The van der Waals surface area contributed by atoms with Crippen molar-refractivity contribution in [2.24, 2.45) is 0 Å². The molecule has 5 heteroatoms. The molecular weight excluding hydrogens is 326 g/mol. The van der Waals surface area contributed by atoms with Crippen LogP contribution in [0.4, 0.5) is 11.4 Å². The van der Waals surface area contributed by atoms with Crippen LogP contribution in [-0.2, 0) is 6.42 Å². The first-order valence-electron chi connectivity index (χ1n) is 8.72. The Kier molecular flexibility index (Phi) is 4.21. The molecule has 0 spiro atoms. The van der Waals surface area contributed by atoms with Crippen LogP contribution in [0.3, 0.4) is 0 Å². The van der Waals surface area contributed by atoms with E-state index in [2.05, 4.69) is 28.1 Å². The molecule has 26 heavy (non-hydrogen) atoms. The molecule has 0 aliphatic carbocycles. The number of ether oxygens (including phenoxy) is 2. The molecule has 1 aliphatic heterocycles. The molecule has 1 aromatic heterocycles. The fourth-order valence-corrected chi connectivity index (χ4v) is 3.78. The minimum absolute atomic E-state index is 0.0352. The number of nitrogens with one attached hydrogen (secondary N) is 1. The van der Waals surface area contributed by atoms with Gasteiger partial charge in [-0.05, 0) is 36.2 Å². The minimum Gasteiger partial charge on any atom is -0.493 e. The molecule has 0 saturated heterocycles. The number of H-pyrrole nitrogens is 1. The number of nitrogens with zero attached hydrogens (tertiary/aromatic N) is 1. The standard InChI is InChI=1S/C21H23N3O2/c1-25-18-8-7-15(13-19(18)26-2)24-12-10-14-9-11-23-20(14)21(24)16-5-3-4-6-17(16)22/h3-9,11,13,21,23H,10,12,22H2,1-2H3. The number of nitrogen functional groups attached to an aromatic ring is 1. The van der Waals surface area contributed by atoms with Crippen LogP contribution >= 0.6 is 0 Å². The van der Waals surface area contributed by atoms with Crippen LogP contribution in [-0.4, -0.2) is 25.7 Å². The molecule has 0 bridgehead atoms. The van der Waals surface area contributed by atoms with Crippen molar-refractivity contribution >= 4 is 11.4 Å². The van der Waals surface area contributed by atoms with Gasteiger partial charge in [-0.25, -0.2) is 0 Å². The van der Waals surface area contributed by atoms with Gasteiger partial charge in [0.15, 0.2) is 11.5 Å². The molecule has 3 aromatic rings. The number of aromatic amines is 1. The van der Waals surface area contributed by atoms with E-state index in [0.717, 1.165) is 41.4 Å². The molecule has 2 aromatic carbocycles. The van der Waals surface area contributed by atoms with E-state index in [1.54, 1.807) is 14.2 Å². The molecule has 0 amide bonds. The van der Waals surface area contributed by atoms with Crippen LogP contribution < -0.4 is 20.1 Å². The predicted molar refractivity (Wildman–Crippen MR) is 104 cm³/mol. The zero-order chi connectivity index (χ0) is 18.1. The van der Waals surface area contributed by atoms with Gasteiger partial charge in [0.2, 0.25) is 0 Å². The molecule has 3 N–H and O–H groups in total. The quantitative estimate of drug-likeness (QED) is 0.704. The maximum absolute atomic E-state index is 6.33. The predicted octanol–water partition coefficient (Wildman–Crippen LogP) is 3.77. The molecule has 0 fully saturated rings. The largest absolute Gasteiger partial charge is 0.493 e. The van der Waals surface area contributed by atoms with Crippen LogP contribution in [0.1, 0.15) is 22.9 Å². The van der Waals surface area contributed by atoms with Crippen molar-refractivity contribution in [1.29, 1.82) is 0 Å². The number of aromatic nitrogens is 1. The van der Waals surface area contributed by atoms with Crippen molar-refractivity contribution in [2.75, 3.05) is 31.4 Å². The van der Waals surface area contributed by atoms with E-state index >= 15 is 0 Å². The lowest BCUT2D eigenvalue weighted by molar-refractivity contribution is 0.355. The Morgan fingerprint density at radius 2 is 1.85 bits per heavy atom. The lowest BCUT2D eigenvalue weighted by Gasteiger charge is -2.38.